The highest BCUT2D eigenvalue weighted by atomic mass is 16.5. The molecule has 0 radical (unpaired) electrons. The van der Waals surface area contributed by atoms with E-state index in [1.165, 1.54) is 0 Å². The summed E-state index contributed by atoms with van der Waals surface area (Å²) in [6, 6.07) is 0. The summed E-state index contributed by atoms with van der Waals surface area (Å²) in [6.45, 7) is 7.39. The zero-order valence-corrected chi connectivity index (χ0v) is 7.84. The highest BCUT2D eigenvalue weighted by molar-refractivity contribution is 4.74. The summed E-state index contributed by atoms with van der Waals surface area (Å²) in [5.74, 6) is 0.567. The Balaban J connectivity index is 3.07. The van der Waals surface area contributed by atoms with Crippen LogP contribution in [0.3, 0.4) is 0 Å². The molecule has 0 rings (SSSR count). The van der Waals surface area contributed by atoms with E-state index in [2.05, 4.69) is 13.5 Å². The van der Waals surface area contributed by atoms with E-state index >= 15 is 0 Å². The third kappa shape index (κ3) is 7.56. The van der Waals surface area contributed by atoms with Gasteiger partial charge >= 0.3 is 0 Å². The fourth-order valence-corrected chi connectivity index (χ4v) is 0.634. The molecule has 0 aromatic rings. The highest BCUT2D eigenvalue weighted by Gasteiger charge is 1.95. The molecule has 0 bridgehead atoms. The molecular formula is C9H19NO. The average molecular weight is 157 g/mol. The third-order valence-corrected chi connectivity index (χ3v) is 1.47. The van der Waals surface area contributed by atoms with E-state index in [9.17, 15) is 0 Å². The Morgan fingerprint density at radius 3 is 2.64 bits per heavy atom. The van der Waals surface area contributed by atoms with Crippen LogP contribution in [0.15, 0.2) is 12.7 Å². The summed E-state index contributed by atoms with van der Waals surface area (Å²) in [5.41, 5.74) is 0. The Labute approximate surface area is 69.8 Å². The van der Waals surface area contributed by atoms with Crippen LogP contribution in [-0.2, 0) is 4.74 Å². The molecule has 0 saturated heterocycles. The van der Waals surface area contributed by atoms with E-state index in [1.54, 1.807) is 0 Å². The largest absolute Gasteiger partial charge is 0.366 e. The van der Waals surface area contributed by atoms with Crippen LogP contribution in [-0.4, -0.2) is 32.3 Å². The second-order valence-corrected chi connectivity index (χ2v) is 3.12. The van der Waals surface area contributed by atoms with Gasteiger partial charge in [-0.1, -0.05) is 13.0 Å². The Kier molecular flexibility index (Phi) is 6.18. The first kappa shape index (κ1) is 10.7. The first-order valence-corrected chi connectivity index (χ1v) is 4.02. The first-order chi connectivity index (χ1) is 5.16. The summed E-state index contributed by atoms with van der Waals surface area (Å²) in [5, 5.41) is 0. The van der Waals surface area contributed by atoms with E-state index in [1.807, 2.05) is 25.1 Å². The molecular weight excluding hydrogens is 138 g/mol. The SMILES string of the molecule is C=CC(C)CCOCN(C)C. The van der Waals surface area contributed by atoms with Crippen LogP contribution in [0.4, 0.5) is 0 Å². The fraction of sp³-hybridized carbons (Fsp3) is 0.778. The monoisotopic (exact) mass is 157 g/mol. The lowest BCUT2D eigenvalue weighted by molar-refractivity contribution is 0.0515. The van der Waals surface area contributed by atoms with E-state index in [-0.39, 0.29) is 0 Å². The Morgan fingerprint density at radius 2 is 2.18 bits per heavy atom. The second kappa shape index (κ2) is 6.38. The van der Waals surface area contributed by atoms with Gasteiger partial charge in [0.25, 0.3) is 0 Å². The van der Waals surface area contributed by atoms with Gasteiger partial charge in [-0.15, -0.1) is 6.58 Å². The van der Waals surface area contributed by atoms with Crippen LogP contribution in [0.1, 0.15) is 13.3 Å². The van der Waals surface area contributed by atoms with Gasteiger partial charge < -0.3 is 4.74 Å². The molecule has 0 saturated carbocycles. The summed E-state index contributed by atoms with van der Waals surface area (Å²) >= 11 is 0. The van der Waals surface area contributed by atoms with Gasteiger partial charge in [-0.2, -0.15) is 0 Å². The van der Waals surface area contributed by atoms with Crippen molar-refractivity contribution in [2.75, 3.05) is 27.4 Å². The molecule has 1 unspecified atom stereocenters. The van der Waals surface area contributed by atoms with Gasteiger partial charge in [0.1, 0.15) is 0 Å². The summed E-state index contributed by atoms with van der Waals surface area (Å²) in [6.07, 6.45) is 3.02. The van der Waals surface area contributed by atoms with Gasteiger partial charge in [0.2, 0.25) is 0 Å². The molecule has 0 spiro atoms. The maximum absolute atomic E-state index is 5.35. The van der Waals surface area contributed by atoms with Crippen molar-refractivity contribution < 1.29 is 4.74 Å². The van der Waals surface area contributed by atoms with E-state index in [0.717, 1.165) is 13.0 Å². The predicted octanol–water partition coefficient (Wildman–Crippen LogP) is 1.73. The molecule has 66 valence electrons. The van der Waals surface area contributed by atoms with Crippen molar-refractivity contribution in [3.8, 4) is 0 Å². The van der Waals surface area contributed by atoms with Crippen molar-refractivity contribution in [3.05, 3.63) is 12.7 Å². The Morgan fingerprint density at radius 1 is 1.55 bits per heavy atom. The van der Waals surface area contributed by atoms with Crippen molar-refractivity contribution >= 4 is 0 Å². The molecule has 0 aliphatic rings. The third-order valence-electron chi connectivity index (χ3n) is 1.47. The van der Waals surface area contributed by atoms with Crippen molar-refractivity contribution in [2.45, 2.75) is 13.3 Å². The molecule has 0 aromatic carbocycles. The smallest absolute Gasteiger partial charge is 0.0985 e. The minimum absolute atomic E-state index is 0.567. The summed E-state index contributed by atoms with van der Waals surface area (Å²) in [4.78, 5) is 2.01. The molecule has 2 nitrogen and oxygen atoms in total. The summed E-state index contributed by atoms with van der Waals surface area (Å²) < 4.78 is 5.35. The maximum Gasteiger partial charge on any atom is 0.0985 e. The predicted molar refractivity (Wildman–Crippen MR) is 48.5 cm³/mol. The first-order valence-electron chi connectivity index (χ1n) is 4.02. The highest BCUT2D eigenvalue weighted by Crippen LogP contribution is 2.01. The van der Waals surface area contributed by atoms with Gasteiger partial charge in [0.15, 0.2) is 0 Å². The zero-order valence-electron chi connectivity index (χ0n) is 7.84. The second-order valence-electron chi connectivity index (χ2n) is 3.12. The van der Waals surface area contributed by atoms with Gasteiger partial charge in [-0.25, -0.2) is 0 Å². The van der Waals surface area contributed by atoms with Gasteiger partial charge in [0, 0.05) is 6.61 Å². The maximum atomic E-state index is 5.35. The normalized spacial score (nSPS) is 13.5. The minimum atomic E-state index is 0.567. The molecule has 0 aromatic heterocycles. The van der Waals surface area contributed by atoms with Crippen LogP contribution in [0.25, 0.3) is 0 Å². The minimum Gasteiger partial charge on any atom is -0.366 e. The molecule has 0 amide bonds. The molecule has 0 N–H and O–H groups in total. The Bertz CT molecular complexity index is 102. The van der Waals surface area contributed by atoms with Gasteiger partial charge in [0.05, 0.1) is 6.73 Å². The fourth-order valence-electron chi connectivity index (χ4n) is 0.634. The van der Waals surface area contributed by atoms with Crippen LogP contribution < -0.4 is 0 Å². The molecule has 11 heavy (non-hydrogen) atoms. The van der Waals surface area contributed by atoms with Crippen LogP contribution in [0, 0.1) is 5.92 Å². The molecule has 1 atom stereocenters. The van der Waals surface area contributed by atoms with Gasteiger partial charge in [-0.3, -0.25) is 4.90 Å². The molecule has 0 aliphatic carbocycles. The lowest BCUT2D eigenvalue weighted by Crippen LogP contribution is -2.16. The number of rotatable bonds is 6. The number of ether oxygens (including phenoxy) is 1. The number of nitrogens with zero attached hydrogens (tertiary/aromatic N) is 1. The van der Waals surface area contributed by atoms with Crippen LogP contribution in [0.5, 0.6) is 0 Å². The number of hydrogen-bond acceptors (Lipinski definition) is 2. The molecule has 0 heterocycles. The topological polar surface area (TPSA) is 12.5 Å². The van der Waals surface area contributed by atoms with E-state index in [4.69, 9.17) is 4.74 Å². The summed E-state index contributed by atoms with van der Waals surface area (Å²) in [7, 11) is 3.99. The van der Waals surface area contributed by atoms with Gasteiger partial charge in [-0.05, 0) is 26.4 Å². The lowest BCUT2D eigenvalue weighted by atomic mass is 10.1. The van der Waals surface area contributed by atoms with Crippen molar-refractivity contribution in [1.82, 2.24) is 4.90 Å². The standard InChI is InChI=1S/C9H19NO/c1-5-9(2)6-7-11-8-10(3)4/h5,9H,1,6-8H2,2-4H3. The van der Waals surface area contributed by atoms with Crippen molar-refractivity contribution in [2.24, 2.45) is 5.92 Å². The van der Waals surface area contributed by atoms with Crippen LogP contribution in [0.2, 0.25) is 0 Å². The molecule has 2 heteroatoms. The molecule has 0 fully saturated rings. The van der Waals surface area contributed by atoms with Crippen molar-refractivity contribution in [3.63, 3.8) is 0 Å². The van der Waals surface area contributed by atoms with E-state index in [0.29, 0.717) is 12.6 Å². The lowest BCUT2D eigenvalue weighted by Gasteiger charge is -2.11. The average Bonchev–Trinajstić information content (AvgIpc) is 1.97. The quantitative estimate of drug-likeness (QED) is 0.331. The molecule has 0 aliphatic heterocycles. The van der Waals surface area contributed by atoms with E-state index < -0.39 is 0 Å². The number of allylic oxidation sites excluding steroid dienone is 1. The number of hydrogen-bond donors (Lipinski definition) is 0. The Hall–Kier alpha value is -0.340. The van der Waals surface area contributed by atoms with Crippen LogP contribution >= 0.6 is 0 Å². The zero-order chi connectivity index (χ0) is 8.69. The van der Waals surface area contributed by atoms with Crippen molar-refractivity contribution in [1.29, 1.82) is 0 Å².